The van der Waals surface area contributed by atoms with Crippen molar-refractivity contribution in [3.63, 3.8) is 0 Å². The summed E-state index contributed by atoms with van der Waals surface area (Å²) in [7, 11) is 1.57. The quantitative estimate of drug-likeness (QED) is 0.461. The van der Waals surface area contributed by atoms with E-state index in [1.165, 1.54) is 34.9 Å². The summed E-state index contributed by atoms with van der Waals surface area (Å²) in [5.41, 5.74) is 0.559. The summed E-state index contributed by atoms with van der Waals surface area (Å²) >= 11 is 1.03. The predicted octanol–water partition coefficient (Wildman–Crippen LogP) is 3.31. The van der Waals surface area contributed by atoms with Gasteiger partial charge in [0, 0.05) is 7.05 Å². The largest absolute Gasteiger partial charge is 0.457 e. The summed E-state index contributed by atoms with van der Waals surface area (Å²) in [6, 6.07) is 16.3. The van der Waals surface area contributed by atoms with Gasteiger partial charge in [0.25, 0.3) is 5.56 Å². The van der Waals surface area contributed by atoms with Crippen LogP contribution < -0.4 is 11.2 Å². The number of hydrogen-bond acceptors (Lipinski definition) is 5. The zero-order valence-corrected chi connectivity index (χ0v) is 16.8. The van der Waals surface area contributed by atoms with Gasteiger partial charge in [-0.2, -0.15) is 0 Å². The Balaban J connectivity index is 1.65. The Morgan fingerprint density at radius 2 is 1.73 bits per heavy atom. The SMILES string of the molecule is Cn1c(=O)n(Cc2ccccc2)c(=O)c2cc(C(=O)OCc3ccc(F)cc3)sc21. The molecule has 4 rings (SSSR count). The van der Waals surface area contributed by atoms with Crippen molar-refractivity contribution >= 4 is 27.5 Å². The molecule has 0 N–H and O–H groups in total. The van der Waals surface area contributed by atoms with E-state index in [-0.39, 0.29) is 29.2 Å². The monoisotopic (exact) mass is 424 g/mol. The lowest BCUT2D eigenvalue weighted by Gasteiger charge is -2.08. The molecule has 8 heteroatoms. The van der Waals surface area contributed by atoms with Crippen molar-refractivity contribution in [3.05, 3.63) is 103 Å². The Kier molecular flexibility index (Phi) is 5.33. The molecule has 152 valence electrons. The fraction of sp³-hybridized carbons (Fsp3) is 0.136. The minimum atomic E-state index is -0.609. The summed E-state index contributed by atoms with van der Waals surface area (Å²) in [5, 5.41) is 0.284. The van der Waals surface area contributed by atoms with E-state index < -0.39 is 17.2 Å². The van der Waals surface area contributed by atoms with Gasteiger partial charge in [-0.1, -0.05) is 42.5 Å². The van der Waals surface area contributed by atoms with Crippen LogP contribution in [0.4, 0.5) is 4.39 Å². The highest BCUT2D eigenvalue weighted by Crippen LogP contribution is 2.23. The smallest absolute Gasteiger partial charge is 0.348 e. The molecule has 0 saturated carbocycles. The molecular weight excluding hydrogens is 407 g/mol. The number of halogens is 1. The van der Waals surface area contributed by atoms with Gasteiger partial charge in [-0.05, 0) is 29.3 Å². The number of fused-ring (bicyclic) bond motifs is 1. The number of esters is 1. The van der Waals surface area contributed by atoms with E-state index in [9.17, 15) is 18.8 Å². The van der Waals surface area contributed by atoms with Gasteiger partial charge >= 0.3 is 11.7 Å². The Morgan fingerprint density at radius 3 is 2.43 bits per heavy atom. The van der Waals surface area contributed by atoms with Crippen molar-refractivity contribution in [2.45, 2.75) is 13.2 Å². The maximum Gasteiger partial charge on any atom is 0.348 e. The number of nitrogens with zero attached hydrogens (tertiary/aromatic N) is 2. The number of benzene rings is 2. The van der Waals surface area contributed by atoms with Crippen LogP contribution in [0, 0.1) is 5.82 Å². The Labute approximate surface area is 174 Å². The van der Waals surface area contributed by atoms with E-state index in [0.717, 1.165) is 21.5 Å². The fourth-order valence-corrected chi connectivity index (χ4v) is 4.09. The van der Waals surface area contributed by atoms with Crippen LogP contribution >= 0.6 is 11.3 Å². The predicted molar refractivity (Wildman–Crippen MR) is 112 cm³/mol. The van der Waals surface area contributed by atoms with Gasteiger partial charge in [-0.15, -0.1) is 11.3 Å². The molecule has 0 aliphatic heterocycles. The molecule has 0 aliphatic rings. The summed E-state index contributed by atoms with van der Waals surface area (Å²) in [5.74, 6) is -0.982. The number of thiophene rings is 1. The summed E-state index contributed by atoms with van der Waals surface area (Å²) < 4.78 is 20.8. The van der Waals surface area contributed by atoms with Crippen LogP contribution in [0.5, 0.6) is 0 Å². The zero-order valence-electron chi connectivity index (χ0n) is 16.0. The molecule has 0 aliphatic carbocycles. The molecule has 0 spiro atoms. The number of rotatable bonds is 5. The highest BCUT2D eigenvalue weighted by Gasteiger charge is 2.19. The maximum absolute atomic E-state index is 13.0. The number of aryl methyl sites for hydroxylation is 1. The summed E-state index contributed by atoms with van der Waals surface area (Å²) in [6.07, 6.45) is 0. The van der Waals surface area contributed by atoms with Crippen molar-refractivity contribution in [1.82, 2.24) is 9.13 Å². The van der Waals surface area contributed by atoms with Gasteiger partial charge in [-0.25, -0.2) is 14.0 Å². The minimum absolute atomic E-state index is 0.0233. The first-order valence-corrected chi connectivity index (χ1v) is 9.94. The molecule has 0 saturated heterocycles. The van der Waals surface area contributed by atoms with Gasteiger partial charge in [0.2, 0.25) is 0 Å². The first-order chi connectivity index (χ1) is 14.4. The third-order valence-corrected chi connectivity index (χ3v) is 5.87. The molecule has 0 unspecified atom stereocenters. The fourth-order valence-electron chi connectivity index (χ4n) is 3.09. The lowest BCUT2D eigenvalue weighted by molar-refractivity contribution is 0.0478. The standard InChI is InChI=1S/C22H17FN2O4S/c1-24-20-17(19(26)25(22(24)28)12-14-5-3-2-4-6-14)11-18(30-20)21(27)29-13-15-7-9-16(23)10-8-15/h2-11H,12-13H2,1H3. The van der Waals surface area contributed by atoms with Gasteiger partial charge in [0.05, 0.1) is 11.9 Å². The Hall–Kier alpha value is -3.52. The number of carbonyl (C=O) groups excluding carboxylic acids is 1. The van der Waals surface area contributed by atoms with Crippen molar-refractivity contribution in [2.24, 2.45) is 7.05 Å². The average molecular weight is 424 g/mol. The third kappa shape index (κ3) is 3.81. The molecule has 2 aromatic heterocycles. The van der Waals surface area contributed by atoms with Crippen molar-refractivity contribution in [1.29, 1.82) is 0 Å². The molecule has 4 aromatic rings. The number of ether oxygens (including phenoxy) is 1. The molecule has 2 heterocycles. The van der Waals surface area contributed by atoms with Crippen LogP contribution in [0.2, 0.25) is 0 Å². The molecule has 2 aromatic carbocycles. The topological polar surface area (TPSA) is 70.3 Å². The first-order valence-electron chi connectivity index (χ1n) is 9.13. The number of aromatic nitrogens is 2. The van der Waals surface area contributed by atoms with Crippen LogP contribution in [0.25, 0.3) is 10.2 Å². The third-order valence-electron chi connectivity index (χ3n) is 4.68. The lowest BCUT2D eigenvalue weighted by Crippen LogP contribution is -2.38. The average Bonchev–Trinajstić information content (AvgIpc) is 3.21. The van der Waals surface area contributed by atoms with Crippen LogP contribution in [-0.4, -0.2) is 15.1 Å². The van der Waals surface area contributed by atoms with Gasteiger partial charge in [0.1, 0.15) is 22.1 Å². The van der Waals surface area contributed by atoms with Crippen LogP contribution in [0.15, 0.2) is 70.3 Å². The second-order valence-corrected chi connectivity index (χ2v) is 7.78. The van der Waals surface area contributed by atoms with E-state index in [0.29, 0.717) is 10.4 Å². The van der Waals surface area contributed by atoms with E-state index in [1.807, 2.05) is 30.3 Å². The van der Waals surface area contributed by atoms with Crippen molar-refractivity contribution < 1.29 is 13.9 Å². The Morgan fingerprint density at radius 1 is 1.03 bits per heavy atom. The number of hydrogen-bond donors (Lipinski definition) is 0. The van der Waals surface area contributed by atoms with E-state index in [2.05, 4.69) is 0 Å². The minimum Gasteiger partial charge on any atom is -0.457 e. The maximum atomic E-state index is 13.0. The highest BCUT2D eigenvalue weighted by atomic mass is 32.1. The molecule has 0 radical (unpaired) electrons. The van der Waals surface area contributed by atoms with Gasteiger partial charge in [-0.3, -0.25) is 13.9 Å². The number of carbonyl (C=O) groups is 1. The van der Waals surface area contributed by atoms with Gasteiger partial charge < -0.3 is 4.74 Å². The van der Waals surface area contributed by atoms with Crippen LogP contribution in [0.1, 0.15) is 20.8 Å². The highest BCUT2D eigenvalue weighted by molar-refractivity contribution is 7.20. The summed E-state index contributed by atoms with van der Waals surface area (Å²) in [4.78, 5) is 38.7. The zero-order chi connectivity index (χ0) is 21.3. The van der Waals surface area contributed by atoms with Crippen LogP contribution in [-0.2, 0) is 24.9 Å². The molecule has 0 fully saturated rings. The second-order valence-electron chi connectivity index (χ2n) is 6.75. The lowest BCUT2D eigenvalue weighted by atomic mass is 10.2. The van der Waals surface area contributed by atoms with E-state index in [1.54, 1.807) is 7.05 Å². The molecule has 30 heavy (non-hydrogen) atoms. The molecule has 0 atom stereocenters. The van der Waals surface area contributed by atoms with Crippen LogP contribution in [0.3, 0.4) is 0 Å². The molecule has 6 nitrogen and oxygen atoms in total. The Bertz CT molecular complexity index is 1340. The molecular formula is C22H17FN2O4S. The first kappa shape index (κ1) is 19.8. The summed E-state index contributed by atoms with van der Waals surface area (Å²) in [6.45, 7) is 0.118. The van der Waals surface area contributed by atoms with E-state index >= 15 is 0 Å². The molecule has 0 bridgehead atoms. The van der Waals surface area contributed by atoms with Crippen molar-refractivity contribution in [3.8, 4) is 0 Å². The van der Waals surface area contributed by atoms with E-state index in [4.69, 9.17) is 4.74 Å². The normalized spacial score (nSPS) is 11.0. The van der Waals surface area contributed by atoms with Gasteiger partial charge in [0.15, 0.2) is 0 Å². The second kappa shape index (κ2) is 8.08. The van der Waals surface area contributed by atoms with Crippen molar-refractivity contribution in [2.75, 3.05) is 0 Å². The molecule has 0 amide bonds.